The van der Waals surface area contributed by atoms with Crippen molar-refractivity contribution in [1.82, 2.24) is 20.2 Å². The van der Waals surface area contributed by atoms with Crippen LogP contribution in [0.2, 0.25) is 0 Å². The van der Waals surface area contributed by atoms with E-state index in [4.69, 9.17) is 0 Å². The molecule has 120 valence electrons. The number of hydrogen-bond donors (Lipinski definition) is 1. The molecular formula is C14H21N5S3. The third-order valence-corrected chi connectivity index (χ3v) is 5.75. The van der Waals surface area contributed by atoms with E-state index in [0.717, 1.165) is 46.3 Å². The minimum absolute atomic E-state index is 0.776. The largest absolute Gasteiger partial charge is 0.356 e. The lowest BCUT2D eigenvalue weighted by atomic mass is 10.4. The Hall–Kier alpha value is -1.12. The molecule has 2 aromatic rings. The molecule has 5 nitrogen and oxygen atoms in total. The van der Waals surface area contributed by atoms with Crippen molar-refractivity contribution in [3.63, 3.8) is 0 Å². The predicted octanol–water partition coefficient (Wildman–Crippen LogP) is 3.10. The quantitative estimate of drug-likeness (QED) is 0.358. The molecule has 0 atom stereocenters. The predicted molar refractivity (Wildman–Crippen MR) is 97.1 cm³/mol. The fraction of sp³-hybridized carbons (Fsp3) is 0.500. The van der Waals surface area contributed by atoms with Gasteiger partial charge in [0.25, 0.3) is 0 Å². The summed E-state index contributed by atoms with van der Waals surface area (Å²) in [5.41, 5.74) is 1.09. The van der Waals surface area contributed by atoms with Gasteiger partial charge >= 0.3 is 0 Å². The summed E-state index contributed by atoms with van der Waals surface area (Å²) in [6.07, 6.45) is 2.93. The smallest absolute Gasteiger partial charge is 0.193 e. The molecule has 22 heavy (non-hydrogen) atoms. The maximum atomic E-state index is 4.49. The number of hydrogen-bond acceptors (Lipinski definition) is 6. The van der Waals surface area contributed by atoms with Crippen LogP contribution in [0.4, 0.5) is 0 Å². The SMILES string of the molecule is CN=C(NCCCSc1nccs1)N(C)Cc1csc(C)n1. The van der Waals surface area contributed by atoms with Crippen LogP contribution in [0, 0.1) is 6.92 Å². The Morgan fingerprint density at radius 3 is 2.95 bits per heavy atom. The van der Waals surface area contributed by atoms with Gasteiger partial charge in [-0.15, -0.1) is 22.7 Å². The Kier molecular flexibility index (Phi) is 7.14. The topological polar surface area (TPSA) is 53.4 Å². The van der Waals surface area contributed by atoms with E-state index in [0.29, 0.717) is 0 Å². The first-order valence-corrected chi connectivity index (χ1v) is 9.78. The lowest BCUT2D eigenvalue weighted by Crippen LogP contribution is -2.39. The van der Waals surface area contributed by atoms with Crippen molar-refractivity contribution in [2.75, 3.05) is 26.4 Å². The van der Waals surface area contributed by atoms with Crippen LogP contribution < -0.4 is 5.32 Å². The molecule has 0 unspecified atom stereocenters. The average Bonchev–Trinajstić information content (AvgIpc) is 3.14. The molecule has 0 radical (unpaired) electrons. The van der Waals surface area contributed by atoms with E-state index in [1.54, 1.807) is 34.4 Å². The van der Waals surface area contributed by atoms with E-state index in [-0.39, 0.29) is 0 Å². The zero-order chi connectivity index (χ0) is 15.8. The van der Waals surface area contributed by atoms with Gasteiger partial charge in [0.15, 0.2) is 5.96 Å². The lowest BCUT2D eigenvalue weighted by molar-refractivity contribution is 0.471. The minimum Gasteiger partial charge on any atom is -0.356 e. The lowest BCUT2D eigenvalue weighted by Gasteiger charge is -2.21. The van der Waals surface area contributed by atoms with Gasteiger partial charge in [-0.05, 0) is 13.3 Å². The van der Waals surface area contributed by atoms with Crippen LogP contribution in [0.15, 0.2) is 26.3 Å². The first-order valence-electron chi connectivity index (χ1n) is 7.04. The molecule has 0 saturated heterocycles. The van der Waals surface area contributed by atoms with Crippen molar-refractivity contribution in [2.24, 2.45) is 4.99 Å². The first kappa shape index (κ1) is 17.2. The summed E-state index contributed by atoms with van der Waals surface area (Å²) in [6, 6.07) is 0. The van der Waals surface area contributed by atoms with E-state index < -0.39 is 0 Å². The number of aryl methyl sites for hydroxylation is 1. The zero-order valence-corrected chi connectivity index (χ0v) is 15.5. The monoisotopic (exact) mass is 355 g/mol. The second-order valence-corrected chi connectivity index (χ2v) is 7.99. The summed E-state index contributed by atoms with van der Waals surface area (Å²) in [6.45, 7) is 3.71. The van der Waals surface area contributed by atoms with Gasteiger partial charge in [0, 0.05) is 43.3 Å². The molecule has 0 aliphatic rings. The Labute approximate surface area is 143 Å². The number of rotatable bonds is 7. The summed E-state index contributed by atoms with van der Waals surface area (Å²) in [7, 11) is 3.85. The molecule has 1 N–H and O–H groups in total. The van der Waals surface area contributed by atoms with E-state index in [1.807, 2.05) is 32.6 Å². The number of nitrogens with one attached hydrogen (secondary N) is 1. The Bertz CT molecular complexity index is 579. The maximum absolute atomic E-state index is 4.49. The first-order chi connectivity index (χ1) is 10.7. The second-order valence-electron chi connectivity index (χ2n) is 4.69. The van der Waals surface area contributed by atoms with Crippen LogP contribution >= 0.6 is 34.4 Å². The molecule has 0 amide bonds. The van der Waals surface area contributed by atoms with Crippen molar-refractivity contribution in [1.29, 1.82) is 0 Å². The van der Waals surface area contributed by atoms with Crippen molar-refractivity contribution in [3.05, 3.63) is 27.7 Å². The van der Waals surface area contributed by atoms with Gasteiger partial charge in [-0.25, -0.2) is 9.97 Å². The number of thiazole rings is 2. The van der Waals surface area contributed by atoms with Gasteiger partial charge in [-0.1, -0.05) is 11.8 Å². The van der Waals surface area contributed by atoms with Gasteiger partial charge in [0.05, 0.1) is 17.2 Å². The molecule has 2 heterocycles. The molecule has 8 heteroatoms. The molecule has 0 saturated carbocycles. The minimum atomic E-state index is 0.776. The van der Waals surface area contributed by atoms with Crippen LogP contribution in [0.3, 0.4) is 0 Å². The van der Waals surface area contributed by atoms with Crippen LogP contribution in [0.5, 0.6) is 0 Å². The molecule has 0 spiro atoms. The summed E-state index contributed by atoms with van der Waals surface area (Å²) < 4.78 is 1.14. The van der Waals surface area contributed by atoms with E-state index >= 15 is 0 Å². The van der Waals surface area contributed by atoms with Crippen LogP contribution in [-0.2, 0) is 6.54 Å². The third kappa shape index (κ3) is 5.58. The number of aromatic nitrogens is 2. The van der Waals surface area contributed by atoms with Crippen molar-refractivity contribution in [3.8, 4) is 0 Å². The molecule has 2 rings (SSSR count). The third-order valence-electron chi connectivity index (χ3n) is 2.88. The van der Waals surface area contributed by atoms with Gasteiger partial charge in [0.2, 0.25) is 0 Å². The summed E-state index contributed by atoms with van der Waals surface area (Å²) >= 11 is 5.18. The van der Waals surface area contributed by atoms with E-state index in [2.05, 4.69) is 30.6 Å². The second kappa shape index (κ2) is 9.12. The Morgan fingerprint density at radius 2 is 2.32 bits per heavy atom. The molecule has 0 fully saturated rings. The summed E-state index contributed by atoms with van der Waals surface area (Å²) in [4.78, 5) is 15.2. The van der Waals surface area contributed by atoms with E-state index in [9.17, 15) is 0 Å². The highest BCUT2D eigenvalue weighted by Crippen LogP contribution is 2.20. The molecule has 0 aromatic carbocycles. The van der Waals surface area contributed by atoms with Crippen LogP contribution in [-0.4, -0.2) is 47.2 Å². The Morgan fingerprint density at radius 1 is 1.45 bits per heavy atom. The van der Waals surface area contributed by atoms with Gasteiger partial charge in [0.1, 0.15) is 4.34 Å². The molecule has 0 bridgehead atoms. The summed E-state index contributed by atoms with van der Waals surface area (Å²) in [5, 5.41) is 8.61. The van der Waals surface area contributed by atoms with Crippen LogP contribution in [0.1, 0.15) is 17.1 Å². The van der Waals surface area contributed by atoms with Gasteiger partial charge in [-0.2, -0.15) is 0 Å². The molecule has 0 aliphatic carbocycles. The highest BCUT2D eigenvalue weighted by atomic mass is 32.2. The van der Waals surface area contributed by atoms with E-state index in [1.165, 1.54) is 0 Å². The van der Waals surface area contributed by atoms with Crippen molar-refractivity contribution in [2.45, 2.75) is 24.2 Å². The average molecular weight is 356 g/mol. The van der Waals surface area contributed by atoms with Crippen LogP contribution in [0.25, 0.3) is 0 Å². The molecular weight excluding hydrogens is 334 g/mol. The molecule has 0 aliphatic heterocycles. The molecule has 2 aromatic heterocycles. The number of thioether (sulfide) groups is 1. The van der Waals surface area contributed by atoms with Crippen molar-refractivity contribution < 1.29 is 0 Å². The number of aliphatic imine (C=N–C) groups is 1. The zero-order valence-electron chi connectivity index (χ0n) is 13.1. The normalized spacial score (nSPS) is 11.7. The highest BCUT2D eigenvalue weighted by Gasteiger charge is 2.08. The number of guanidine groups is 1. The fourth-order valence-corrected chi connectivity index (χ4v) is 4.15. The summed E-state index contributed by atoms with van der Waals surface area (Å²) in [5.74, 6) is 1.97. The van der Waals surface area contributed by atoms with Gasteiger partial charge in [-0.3, -0.25) is 4.99 Å². The van der Waals surface area contributed by atoms with Gasteiger partial charge < -0.3 is 10.2 Å². The maximum Gasteiger partial charge on any atom is 0.193 e. The fourth-order valence-electron chi connectivity index (χ4n) is 1.90. The standard InChI is InChI=1S/C14H21N5S3/c1-11-18-12(10-22-11)9-19(3)13(15-2)16-5-4-7-20-14-17-6-8-21-14/h6,8,10H,4-5,7,9H2,1-3H3,(H,15,16). The number of nitrogens with zero attached hydrogens (tertiary/aromatic N) is 4. The highest BCUT2D eigenvalue weighted by molar-refractivity contribution is 8.00. The Balaban J connectivity index is 1.68. The van der Waals surface area contributed by atoms with Crippen molar-refractivity contribution >= 4 is 40.4 Å².